The Bertz CT molecular complexity index is 797. The number of nitrogen functional groups attached to an aromatic ring is 1. The predicted molar refractivity (Wildman–Crippen MR) is 81.8 cm³/mol. The van der Waals surface area contributed by atoms with Crippen LogP contribution in [0.25, 0.3) is 0 Å². The number of ketones is 1. The van der Waals surface area contributed by atoms with Crippen LogP contribution in [0.4, 0.5) is 5.69 Å². The second kappa shape index (κ2) is 5.11. The molecule has 0 unspecified atom stereocenters. The molecule has 0 bridgehead atoms. The molecule has 1 aliphatic heterocycles. The summed E-state index contributed by atoms with van der Waals surface area (Å²) in [6.45, 7) is 0. The number of amides is 2. The van der Waals surface area contributed by atoms with Crippen LogP contribution in [0, 0.1) is 0 Å². The van der Waals surface area contributed by atoms with Gasteiger partial charge in [0.25, 0.3) is 11.8 Å². The predicted octanol–water partition coefficient (Wildman–Crippen LogP) is 1.92. The molecule has 0 aromatic heterocycles. The number of Topliss-reactive ketones (excluding diaryl/α,β-unsaturated/α-hetero) is 1. The van der Waals surface area contributed by atoms with Crippen molar-refractivity contribution in [1.29, 1.82) is 0 Å². The number of hydrogen-bond acceptors (Lipinski definition) is 4. The summed E-state index contributed by atoms with van der Waals surface area (Å²) in [6, 6.07) is 12.1. The molecule has 0 saturated heterocycles. The molecule has 2 N–H and O–H groups in total. The van der Waals surface area contributed by atoms with Crippen LogP contribution in [0.1, 0.15) is 36.6 Å². The van der Waals surface area contributed by atoms with Crippen molar-refractivity contribution in [2.45, 2.75) is 6.42 Å². The van der Waals surface area contributed by atoms with Gasteiger partial charge in [-0.3, -0.25) is 19.3 Å². The molecule has 5 heteroatoms. The van der Waals surface area contributed by atoms with E-state index in [0.29, 0.717) is 11.1 Å². The van der Waals surface area contributed by atoms with Crippen molar-refractivity contribution in [1.82, 2.24) is 4.90 Å². The summed E-state index contributed by atoms with van der Waals surface area (Å²) in [5.41, 5.74) is 7.84. The van der Waals surface area contributed by atoms with Gasteiger partial charge in [-0.2, -0.15) is 0 Å². The molecule has 1 aliphatic rings. The summed E-state index contributed by atoms with van der Waals surface area (Å²) in [4.78, 5) is 37.2. The highest BCUT2D eigenvalue weighted by Gasteiger charge is 2.35. The van der Waals surface area contributed by atoms with Gasteiger partial charge < -0.3 is 5.73 Å². The normalized spacial score (nSPS) is 13.4. The van der Waals surface area contributed by atoms with Gasteiger partial charge in [-0.15, -0.1) is 0 Å². The molecule has 2 aromatic carbocycles. The highest BCUT2D eigenvalue weighted by molar-refractivity contribution is 6.23. The van der Waals surface area contributed by atoms with E-state index in [1.807, 2.05) is 6.07 Å². The monoisotopic (exact) mass is 294 g/mol. The van der Waals surface area contributed by atoms with Crippen LogP contribution in [0.15, 0.2) is 42.5 Å². The summed E-state index contributed by atoms with van der Waals surface area (Å²) in [7, 11) is 1.42. The molecule has 5 nitrogen and oxygen atoms in total. The van der Waals surface area contributed by atoms with Gasteiger partial charge in [0.05, 0.1) is 11.1 Å². The summed E-state index contributed by atoms with van der Waals surface area (Å²) < 4.78 is 0. The minimum atomic E-state index is -0.404. The highest BCUT2D eigenvalue weighted by Crippen LogP contribution is 2.28. The van der Waals surface area contributed by atoms with Gasteiger partial charge in [-0.05, 0) is 17.7 Å². The lowest BCUT2D eigenvalue weighted by molar-refractivity contribution is 0.0693. The van der Waals surface area contributed by atoms with Gasteiger partial charge in [0, 0.05) is 24.7 Å². The first-order chi connectivity index (χ1) is 10.5. The minimum Gasteiger partial charge on any atom is -0.398 e. The number of rotatable bonds is 3. The fourth-order valence-corrected chi connectivity index (χ4v) is 2.59. The second-order valence-electron chi connectivity index (χ2n) is 5.24. The van der Waals surface area contributed by atoms with Crippen LogP contribution >= 0.6 is 0 Å². The maximum absolute atomic E-state index is 12.2. The largest absolute Gasteiger partial charge is 0.398 e. The third-order valence-electron chi connectivity index (χ3n) is 3.74. The Morgan fingerprint density at radius 2 is 1.77 bits per heavy atom. The molecule has 0 radical (unpaired) electrons. The quantitative estimate of drug-likeness (QED) is 0.533. The maximum Gasteiger partial charge on any atom is 0.263 e. The molecule has 0 aliphatic carbocycles. The van der Waals surface area contributed by atoms with E-state index in [0.717, 1.165) is 4.90 Å². The molecule has 110 valence electrons. The topological polar surface area (TPSA) is 80.5 Å². The minimum absolute atomic E-state index is 0.0647. The Balaban J connectivity index is 1.95. The van der Waals surface area contributed by atoms with E-state index in [1.54, 1.807) is 36.4 Å². The number of fused-ring (bicyclic) bond motifs is 1. The number of nitrogens with two attached hydrogens (primary N) is 1. The van der Waals surface area contributed by atoms with Crippen molar-refractivity contribution in [2.24, 2.45) is 0 Å². The first-order valence-corrected chi connectivity index (χ1v) is 6.82. The van der Waals surface area contributed by atoms with Crippen molar-refractivity contribution < 1.29 is 14.4 Å². The third-order valence-corrected chi connectivity index (χ3v) is 3.74. The average Bonchev–Trinajstić information content (AvgIpc) is 2.73. The lowest BCUT2D eigenvalue weighted by Gasteiger charge is -2.06. The summed E-state index contributed by atoms with van der Waals surface area (Å²) >= 11 is 0. The third kappa shape index (κ3) is 2.16. The van der Waals surface area contributed by atoms with Gasteiger partial charge in [0.1, 0.15) is 0 Å². The number of imide groups is 1. The van der Waals surface area contributed by atoms with Crippen LogP contribution < -0.4 is 5.73 Å². The van der Waals surface area contributed by atoms with Crippen LogP contribution in [0.3, 0.4) is 0 Å². The second-order valence-corrected chi connectivity index (χ2v) is 5.24. The molecule has 2 aromatic rings. The zero-order valence-corrected chi connectivity index (χ0v) is 12.0. The van der Waals surface area contributed by atoms with Gasteiger partial charge in [-0.1, -0.05) is 30.3 Å². The Hall–Kier alpha value is -2.95. The summed E-state index contributed by atoms with van der Waals surface area (Å²) in [5, 5.41) is 0. The molecule has 0 spiro atoms. The Morgan fingerprint density at radius 1 is 1.09 bits per heavy atom. The Labute approximate surface area is 127 Å². The molecule has 0 atom stereocenters. The molecular weight excluding hydrogens is 280 g/mol. The molecule has 3 rings (SSSR count). The van der Waals surface area contributed by atoms with Crippen molar-refractivity contribution in [3.63, 3.8) is 0 Å². The van der Waals surface area contributed by atoms with Crippen molar-refractivity contribution in [2.75, 3.05) is 12.8 Å². The van der Waals surface area contributed by atoms with E-state index in [1.165, 1.54) is 7.05 Å². The van der Waals surface area contributed by atoms with Crippen molar-refractivity contribution in [3.8, 4) is 0 Å². The first-order valence-electron chi connectivity index (χ1n) is 6.82. The number of hydrogen-bond donors (Lipinski definition) is 1. The maximum atomic E-state index is 12.2. The molecule has 1 heterocycles. The van der Waals surface area contributed by atoms with Crippen LogP contribution in [-0.2, 0) is 6.42 Å². The van der Waals surface area contributed by atoms with Crippen LogP contribution in [0.5, 0.6) is 0 Å². The van der Waals surface area contributed by atoms with E-state index >= 15 is 0 Å². The number of anilines is 1. The highest BCUT2D eigenvalue weighted by atomic mass is 16.2. The molecular formula is C17H14N2O3. The number of carbonyl (C=O) groups excluding carboxylic acids is 3. The van der Waals surface area contributed by atoms with E-state index in [2.05, 4.69) is 0 Å². The molecule has 2 amide bonds. The average molecular weight is 294 g/mol. The lowest BCUT2D eigenvalue weighted by atomic mass is 9.98. The fourth-order valence-electron chi connectivity index (χ4n) is 2.59. The van der Waals surface area contributed by atoms with Crippen LogP contribution in [0.2, 0.25) is 0 Å². The van der Waals surface area contributed by atoms with Gasteiger partial charge in [0.15, 0.2) is 5.78 Å². The standard InChI is InChI=1S/C17H14N2O3/c1-19-16(21)12-7-10(8-13(18)15(12)17(19)22)9-14(20)11-5-3-2-4-6-11/h2-8H,9,18H2,1H3. The van der Waals surface area contributed by atoms with E-state index in [-0.39, 0.29) is 34.9 Å². The van der Waals surface area contributed by atoms with Gasteiger partial charge in [0.2, 0.25) is 0 Å². The van der Waals surface area contributed by atoms with E-state index in [9.17, 15) is 14.4 Å². The summed E-state index contributed by atoms with van der Waals surface area (Å²) in [6.07, 6.45) is 0.132. The van der Waals surface area contributed by atoms with Gasteiger partial charge >= 0.3 is 0 Å². The Morgan fingerprint density at radius 3 is 2.45 bits per heavy atom. The number of carbonyl (C=O) groups is 3. The lowest BCUT2D eigenvalue weighted by Crippen LogP contribution is -2.24. The zero-order chi connectivity index (χ0) is 15.9. The van der Waals surface area contributed by atoms with E-state index < -0.39 is 5.91 Å². The number of nitrogens with zero attached hydrogens (tertiary/aromatic N) is 1. The fraction of sp³-hybridized carbons (Fsp3) is 0.118. The van der Waals surface area contributed by atoms with E-state index in [4.69, 9.17) is 5.73 Å². The summed E-state index contributed by atoms with van der Waals surface area (Å²) in [5.74, 6) is -0.857. The molecule has 0 fully saturated rings. The Kier molecular flexibility index (Phi) is 3.25. The van der Waals surface area contributed by atoms with Crippen LogP contribution in [-0.4, -0.2) is 29.5 Å². The smallest absolute Gasteiger partial charge is 0.263 e. The SMILES string of the molecule is CN1C(=O)c2cc(CC(=O)c3ccccc3)cc(N)c2C1=O. The molecule has 22 heavy (non-hydrogen) atoms. The zero-order valence-electron chi connectivity index (χ0n) is 12.0. The number of benzene rings is 2. The molecule has 0 saturated carbocycles. The first kappa shape index (κ1) is 14.0. The van der Waals surface area contributed by atoms with Crippen molar-refractivity contribution >= 4 is 23.3 Å². The van der Waals surface area contributed by atoms with Gasteiger partial charge in [-0.25, -0.2) is 0 Å². The van der Waals surface area contributed by atoms with Crippen molar-refractivity contribution in [3.05, 3.63) is 64.7 Å².